The summed E-state index contributed by atoms with van der Waals surface area (Å²) in [5, 5.41) is 3.58. The number of anilines is 1. The second-order valence-corrected chi connectivity index (χ2v) is 13.1. The Morgan fingerprint density at radius 1 is 0.884 bits per heavy atom. The minimum Gasteiger partial charge on any atom is -0.334 e. The smallest absolute Gasteiger partial charge is 0.286 e. The average molecular weight is 637 g/mol. The van der Waals surface area contributed by atoms with E-state index >= 15 is 0 Å². The first-order chi connectivity index (χ1) is 20.2. The third-order valence-corrected chi connectivity index (χ3v) is 9.43. The maximum Gasteiger partial charge on any atom is 0.286 e. The van der Waals surface area contributed by atoms with Crippen molar-refractivity contribution in [3.8, 4) is 11.1 Å². The zero-order valence-electron chi connectivity index (χ0n) is 23.8. The number of amidine groups is 1. The van der Waals surface area contributed by atoms with Gasteiger partial charge < -0.3 is 5.32 Å². The van der Waals surface area contributed by atoms with Gasteiger partial charge in [-0.25, -0.2) is 13.1 Å². The van der Waals surface area contributed by atoms with Gasteiger partial charge in [0, 0.05) is 40.1 Å². The first-order valence-electron chi connectivity index (χ1n) is 12.9. The Kier molecular flexibility index (Phi) is 11.1. The van der Waals surface area contributed by atoms with E-state index in [4.69, 9.17) is 0 Å². The summed E-state index contributed by atoms with van der Waals surface area (Å²) in [5.74, 6) is -0.948. The van der Waals surface area contributed by atoms with Gasteiger partial charge in [-0.3, -0.25) is 9.59 Å². The van der Waals surface area contributed by atoms with Crippen LogP contribution in [0.1, 0.15) is 16.7 Å². The van der Waals surface area contributed by atoms with Gasteiger partial charge >= 0.3 is 0 Å². The largest absolute Gasteiger partial charge is 0.334 e. The molecule has 0 unspecified atom stereocenters. The fourth-order valence-corrected chi connectivity index (χ4v) is 6.37. The molecule has 2 N–H and O–H groups in total. The number of rotatable bonds is 8. The molecule has 11 heteroatoms. The molecule has 1 aliphatic rings. The molecule has 0 saturated heterocycles. The molecule has 0 bridgehead atoms. The van der Waals surface area contributed by atoms with Gasteiger partial charge in [0.15, 0.2) is 5.17 Å². The standard InChI is InChI=1S/C32H27N3O4S3.Na/c1-21-3-17-28(18-4-21)42(38,39)35-30(36)20-23-7-13-26(14-8-23)33-32-34-31(37)29(41-32)19-22-5-9-24(10-6-22)25-11-15-27(40-2)16-12-25;/h3-19H,20H2,1-2H3,(H,35,36)(H,33,34,37);. The number of hydrogen-bond acceptors (Lipinski definition) is 7. The monoisotopic (exact) mass is 636 g/mol. The molecule has 7 nitrogen and oxygen atoms in total. The predicted molar refractivity (Wildman–Crippen MR) is 178 cm³/mol. The summed E-state index contributed by atoms with van der Waals surface area (Å²) < 4.78 is 27.0. The van der Waals surface area contributed by atoms with E-state index in [1.807, 2.05) is 37.3 Å². The second kappa shape index (κ2) is 14.6. The summed E-state index contributed by atoms with van der Waals surface area (Å²) in [6, 6.07) is 29.6. The summed E-state index contributed by atoms with van der Waals surface area (Å²) >= 11 is 2.96. The van der Waals surface area contributed by atoms with Crippen molar-refractivity contribution in [3.05, 3.63) is 119 Å². The molecule has 1 radical (unpaired) electrons. The average Bonchev–Trinajstić information content (AvgIpc) is 3.32. The predicted octanol–water partition coefficient (Wildman–Crippen LogP) is 6.13. The molecular weight excluding hydrogens is 610 g/mol. The van der Waals surface area contributed by atoms with Gasteiger partial charge in [0.1, 0.15) is 0 Å². The second-order valence-electron chi connectivity index (χ2n) is 9.52. The van der Waals surface area contributed by atoms with Crippen molar-refractivity contribution in [1.82, 2.24) is 4.72 Å². The molecule has 1 aliphatic heterocycles. The Morgan fingerprint density at radius 3 is 2.09 bits per heavy atom. The van der Waals surface area contributed by atoms with Crippen LogP contribution in [0.25, 0.3) is 17.2 Å². The van der Waals surface area contributed by atoms with E-state index in [-0.39, 0.29) is 46.8 Å². The van der Waals surface area contributed by atoms with Crippen molar-refractivity contribution in [3.63, 3.8) is 0 Å². The van der Waals surface area contributed by atoms with E-state index in [0.717, 1.165) is 22.3 Å². The Labute approximate surface area is 282 Å². The van der Waals surface area contributed by atoms with Crippen LogP contribution in [0.3, 0.4) is 0 Å². The van der Waals surface area contributed by atoms with E-state index < -0.39 is 15.9 Å². The van der Waals surface area contributed by atoms with Crippen molar-refractivity contribution >= 4 is 91.8 Å². The number of benzene rings is 4. The van der Waals surface area contributed by atoms with E-state index in [1.165, 1.54) is 28.8 Å². The molecule has 2 amide bonds. The Bertz CT molecular complexity index is 1790. The van der Waals surface area contributed by atoms with Crippen LogP contribution >= 0.6 is 23.5 Å². The zero-order chi connectivity index (χ0) is 29.7. The maximum absolute atomic E-state index is 12.5. The van der Waals surface area contributed by atoms with E-state index in [2.05, 4.69) is 45.6 Å². The van der Waals surface area contributed by atoms with Crippen LogP contribution in [0.5, 0.6) is 0 Å². The quantitative estimate of drug-likeness (QED) is 0.136. The Hall–Kier alpha value is -3.12. The molecule has 213 valence electrons. The summed E-state index contributed by atoms with van der Waals surface area (Å²) in [7, 11) is -3.94. The van der Waals surface area contributed by atoms with Gasteiger partial charge in [0.25, 0.3) is 15.9 Å². The van der Waals surface area contributed by atoms with Crippen LogP contribution in [-0.2, 0) is 26.0 Å². The van der Waals surface area contributed by atoms with Gasteiger partial charge in [-0.15, -0.1) is 11.8 Å². The number of thioether (sulfide) groups is 2. The topological polar surface area (TPSA) is 105 Å². The number of hydrogen-bond donors (Lipinski definition) is 2. The van der Waals surface area contributed by atoms with Crippen molar-refractivity contribution in [2.45, 2.75) is 23.1 Å². The van der Waals surface area contributed by atoms with Gasteiger partial charge in [-0.05, 0) is 89.7 Å². The fourth-order valence-electron chi connectivity index (χ4n) is 4.15. The summed E-state index contributed by atoms with van der Waals surface area (Å²) in [5.41, 5.74) is 5.38. The SMILES string of the molecule is CSc1ccc(-c2ccc(C=C3SC(Nc4ccc(CC(=O)NS(=O)(=O)c5ccc(C)cc5)cc4)=NC3=O)cc2)cc1.[Na]. The molecular formula is C32H27N3NaO4S3. The molecule has 0 saturated carbocycles. The number of aliphatic imine (C=N–C) groups is 1. The Balaban J connectivity index is 0.00000423. The first-order valence-corrected chi connectivity index (χ1v) is 16.5. The molecule has 4 aromatic rings. The number of amides is 2. The van der Waals surface area contributed by atoms with Gasteiger partial charge in [-0.1, -0.05) is 66.2 Å². The summed E-state index contributed by atoms with van der Waals surface area (Å²) in [6.07, 6.45) is 3.77. The first kappa shape index (κ1) is 32.8. The van der Waals surface area contributed by atoms with Crippen LogP contribution < -0.4 is 10.0 Å². The van der Waals surface area contributed by atoms with Crippen LogP contribution in [0, 0.1) is 6.92 Å². The van der Waals surface area contributed by atoms with E-state index in [9.17, 15) is 18.0 Å². The summed E-state index contributed by atoms with van der Waals surface area (Å²) in [6.45, 7) is 1.85. The molecule has 0 aromatic heterocycles. The molecule has 1 heterocycles. The van der Waals surface area contributed by atoms with Crippen molar-refractivity contribution in [2.24, 2.45) is 4.99 Å². The van der Waals surface area contributed by atoms with Gasteiger partial charge in [0.05, 0.1) is 16.2 Å². The molecule has 0 spiro atoms. The number of nitrogens with one attached hydrogen (secondary N) is 2. The Morgan fingerprint density at radius 2 is 1.49 bits per heavy atom. The number of carbonyl (C=O) groups excluding carboxylic acids is 2. The third-order valence-electron chi connectivity index (χ3n) is 6.40. The van der Waals surface area contributed by atoms with Crippen molar-refractivity contribution in [2.75, 3.05) is 11.6 Å². The van der Waals surface area contributed by atoms with Crippen LogP contribution in [0.15, 0.2) is 117 Å². The number of nitrogens with zero attached hydrogens (tertiary/aromatic N) is 1. The third kappa shape index (κ3) is 8.72. The summed E-state index contributed by atoms with van der Waals surface area (Å²) in [4.78, 5) is 30.8. The molecule has 43 heavy (non-hydrogen) atoms. The molecule has 0 atom stereocenters. The van der Waals surface area contributed by atoms with Gasteiger partial charge in [-0.2, -0.15) is 4.99 Å². The fraction of sp³-hybridized carbons (Fsp3) is 0.0938. The number of sulfonamides is 1. The molecule has 0 fully saturated rings. The van der Waals surface area contributed by atoms with Crippen LogP contribution in [0.2, 0.25) is 0 Å². The van der Waals surface area contributed by atoms with Crippen LogP contribution in [-0.4, -0.2) is 61.2 Å². The normalized spacial score (nSPS) is 13.8. The van der Waals surface area contributed by atoms with Crippen LogP contribution in [0.4, 0.5) is 5.69 Å². The minimum absolute atomic E-state index is 0. The van der Waals surface area contributed by atoms with Gasteiger partial charge in [0.2, 0.25) is 5.91 Å². The molecule has 0 aliphatic carbocycles. The zero-order valence-corrected chi connectivity index (χ0v) is 28.3. The molecule has 5 rings (SSSR count). The minimum atomic E-state index is -3.94. The maximum atomic E-state index is 12.5. The van der Waals surface area contributed by atoms with E-state index in [1.54, 1.807) is 48.2 Å². The van der Waals surface area contributed by atoms with E-state index in [0.29, 0.717) is 21.3 Å². The number of carbonyl (C=O) groups is 2. The number of aryl methyl sites for hydroxylation is 1. The molecule has 4 aromatic carbocycles. The van der Waals surface area contributed by atoms with Crippen molar-refractivity contribution < 1.29 is 18.0 Å². The van der Waals surface area contributed by atoms with Crippen molar-refractivity contribution in [1.29, 1.82) is 0 Å².